The smallest absolute Gasteiger partial charge is 0.234 e. The second-order valence-corrected chi connectivity index (χ2v) is 6.45. The fourth-order valence-corrected chi connectivity index (χ4v) is 2.70. The first kappa shape index (κ1) is 14.2. The molecule has 0 bridgehead atoms. The van der Waals surface area contributed by atoms with Crippen LogP contribution in [0, 0.1) is 5.41 Å². The van der Waals surface area contributed by atoms with Gasteiger partial charge < -0.3 is 4.52 Å². The average molecular weight is 264 g/mol. The molecule has 4 nitrogen and oxygen atoms in total. The Labute approximate surface area is 115 Å². The third-order valence-corrected chi connectivity index (χ3v) is 4.07. The topological polar surface area (TPSA) is 56.0 Å². The molecule has 19 heavy (non-hydrogen) atoms. The van der Waals surface area contributed by atoms with Gasteiger partial charge in [-0.05, 0) is 37.5 Å². The molecule has 0 saturated heterocycles. The Morgan fingerprint density at radius 3 is 2.68 bits per heavy atom. The molecule has 1 aliphatic rings. The van der Waals surface area contributed by atoms with Crippen molar-refractivity contribution in [2.24, 2.45) is 5.41 Å². The number of hydrogen-bond donors (Lipinski definition) is 0. The van der Waals surface area contributed by atoms with Gasteiger partial charge in [-0.2, -0.15) is 4.98 Å². The molecule has 0 N–H and O–H groups in total. The van der Waals surface area contributed by atoms with E-state index in [0.717, 1.165) is 25.1 Å². The lowest BCUT2D eigenvalue weighted by atomic mass is 9.73. The van der Waals surface area contributed by atoms with Gasteiger partial charge >= 0.3 is 0 Å². The SMILES string of the molecule is CCCC(=O)Cc1nc(C2CCC(C)(C)CC2)no1. The Balaban J connectivity index is 1.92. The first-order chi connectivity index (χ1) is 9.00. The van der Waals surface area contributed by atoms with E-state index in [0.29, 0.717) is 30.1 Å². The molecular weight excluding hydrogens is 240 g/mol. The molecule has 0 radical (unpaired) electrons. The van der Waals surface area contributed by atoms with Crippen LogP contribution in [0.2, 0.25) is 0 Å². The van der Waals surface area contributed by atoms with Crippen molar-refractivity contribution in [1.29, 1.82) is 0 Å². The Bertz CT molecular complexity index is 427. The van der Waals surface area contributed by atoms with Crippen LogP contribution in [0.1, 0.15) is 76.9 Å². The van der Waals surface area contributed by atoms with Crippen LogP contribution in [0.15, 0.2) is 4.52 Å². The molecule has 1 fully saturated rings. The van der Waals surface area contributed by atoms with Gasteiger partial charge in [0.15, 0.2) is 5.82 Å². The summed E-state index contributed by atoms with van der Waals surface area (Å²) in [5.74, 6) is 1.88. The number of nitrogens with zero attached hydrogens (tertiary/aromatic N) is 2. The van der Waals surface area contributed by atoms with Crippen LogP contribution in [0.3, 0.4) is 0 Å². The van der Waals surface area contributed by atoms with Gasteiger partial charge in [0.25, 0.3) is 0 Å². The van der Waals surface area contributed by atoms with Crippen molar-refractivity contribution in [1.82, 2.24) is 10.1 Å². The maximum Gasteiger partial charge on any atom is 0.234 e. The van der Waals surface area contributed by atoms with Crippen LogP contribution in [0.4, 0.5) is 0 Å². The molecular formula is C15H24N2O2. The molecule has 1 saturated carbocycles. The van der Waals surface area contributed by atoms with Crippen LogP contribution < -0.4 is 0 Å². The summed E-state index contributed by atoms with van der Waals surface area (Å²) in [5.41, 5.74) is 0.445. The molecule has 0 aromatic carbocycles. The third-order valence-electron chi connectivity index (χ3n) is 4.07. The first-order valence-electron chi connectivity index (χ1n) is 7.34. The predicted molar refractivity (Wildman–Crippen MR) is 72.9 cm³/mol. The summed E-state index contributed by atoms with van der Waals surface area (Å²) < 4.78 is 5.20. The van der Waals surface area contributed by atoms with Crippen molar-refractivity contribution in [3.63, 3.8) is 0 Å². The number of Topliss-reactive ketones (excluding diaryl/α,β-unsaturated/α-hetero) is 1. The minimum absolute atomic E-state index is 0.183. The lowest BCUT2D eigenvalue weighted by Gasteiger charge is -2.32. The normalized spacial score (nSPS) is 19.5. The Kier molecular flexibility index (Phi) is 4.38. The molecule has 1 aromatic heterocycles. The highest BCUT2D eigenvalue weighted by molar-refractivity contribution is 5.79. The number of carbonyl (C=O) groups excluding carboxylic acids is 1. The minimum atomic E-state index is 0.183. The Hall–Kier alpha value is -1.19. The fourth-order valence-electron chi connectivity index (χ4n) is 2.70. The summed E-state index contributed by atoms with van der Waals surface area (Å²) in [6.45, 7) is 6.63. The van der Waals surface area contributed by atoms with E-state index in [1.807, 2.05) is 6.92 Å². The van der Waals surface area contributed by atoms with Crippen LogP contribution in [-0.4, -0.2) is 15.9 Å². The van der Waals surface area contributed by atoms with Crippen molar-refractivity contribution in [3.8, 4) is 0 Å². The Morgan fingerprint density at radius 1 is 1.37 bits per heavy atom. The largest absolute Gasteiger partial charge is 0.339 e. The van der Waals surface area contributed by atoms with E-state index in [9.17, 15) is 4.79 Å². The zero-order chi connectivity index (χ0) is 13.9. The summed E-state index contributed by atoms with van der Waals surface area (Å²) in [6, 6.07) is 0. The number of carbonyl (C=O) groups is 1. The van der Waals surface area contributed by atoms with Crippen molar-refractivity contribution in [2.75, 3.05) is 0 Å². The van der Waals surface area contributed by atoms with E-state index < -0.39 is 0 Å². The summed E-state index contributed by atoms with van der Waals surface area (Å²) in [4.78, 5) is 16.0. The van der Waals surface area contributed by atoms with E-state index in [1.54, 1.807) is 0 Å². The number of rotatable bonds is 5. The van der Waals surface area contributed by atoms with E-state index in [2.05, 4.69) is 24.0 Å². The van der Waals surface area contributed by atoms with Gasteiger partial charge in [0.2, 0.25) is 5.89 Å². The van der Waals surface area contributed by atoms with Gasteiger partial charge in [0, 0.05) is 12.3 Å². The second-order valence-electron chi connectivity index (χ2n) is 6.45. The van der Waals surface area contributed by atoms with Crippen LogP contribution in [0.25, 0.3) is 0 Å². The van der Waals surface area contributed by atoms with Crippen LogP contribution in [0.5, 0.6) is 0 Å². The van der Waals surface area contributed by atoms with Gasteiger partial charge in [-0.25, -0.2) is 0 Å². The highest BCUT2D eigenvalue weighted by Crippen LogP contribution is 2.41. The van der Waals surface area contributed by atoms with E-state index in [4.69, 9.17) is 4.52 Å². The summed E-state index contributed by atoms with van der Waals surface area (Å²) in [7, 11) is 0. The van der Waals surface area contributed by atoms with Crippen molar-refractivity contribution < 1.29 is 9.32 Å². The van der Waals surface area contributed by atoms with E-state index in [1.165, 1.54) is 12.8 Å². The summed E-state index contributed by atoms with van der Waals surface area (Å²) >= 11 is 0. The molecule has 0 atom stereocenters. The monoisotopic (exact) mass is 264 g/mol. The van der Waals surface area contributed by atoms with E-state index >= 15 is 0 Å². The lowest BCUT2D eigenvalue weighted by molar-refractivity contribution is -0.118. The predicted octanol–water partition coefficient (Wildman–Crippen LogP) is 3.67. The maximum absolute atomic E-state index is 11.6. The zero-order valence-corrected chi connectivity index (χ0v) is 12.2. The maximum atomic E-state index is 11.6. The standard InChI is InChI=1S/C15H24N2O2/c1-4-5-12(18)10-13-16-14(17-19-13)11-6-8-15(2,3)9-7-11/h11H,4-10H2,1-3H3. The molecule has 0 aliphatic heterocycles. The molecule has 1 heterocycles. The number of ketones is 1. The Morgan fingerprint density at radius 2 is 2.05 bits per heavy atom. The van der Waals surface area contributed by atoms with Crippen LogP contribution in [-0.2, 0) is 11.2 Å². The number of hydrogen-bond acceptors (Lipinski definition) is 4. The van der Waals surface area contributed by atoms with Gasteiger partial charge in [-0.15, -0.1) is 0 Å². The van der Waals surface area contributed by atoms with Gasteiger partial charge in [-0.3, -0.25) is 4.79 Å². The second kappa shape index (κ2) is 5.85. The van der Waals surface area contributed by atoms with Crippen molar-refractivity contribution >= 4 is 5.78 Å². The minimum Gasteiger partial charge on any atom is -0.339 e. The number of aromatic nitrogens is 2. The average Bonchev–Trinajstić information content (AvgIpc) is 2.77. The molecule has 2 rings (SSSR count). The van der Waals surface area contributed by atoms with Crippen LogP contribution >= 0.6 is 0 Å². The highest BCUT2D eigenvalue weighted by atomic mass is 16.5. The molecule has 1 aromatic rings. The molecule has 1 aliphatic carbocycles. The molecule has 106 valence electrons. The van der Waals surface area contributed by atoms with Crippen molar-refractivity contribution in [2.45, 2.75) is 71.6 Å². The lowest BCUT2D eigenvalue weighted by Crippen LogP contribution is -2.20. The molecule has 4 heteroatoms. The van der Waals surface area contributed by atoms with E-state index in [-0.39, 0.29) is 5.78 Å². The summed E-state index contributed by atoms with van der Waals surface area (Å²) in [5, 5.41) is 4.06. The highest BCUT2D eigenvalue weighted by Gasteiger charge is 2.30. The van der Waals surface area contributed by atoms with Gasteiger partial charge in [0.1, 0.15) is 5.78 Å². The fraction of sp³-hybridized carbons (Fsp3) is 0.800. The third kappa shape index (κ3) is 3.88. The molecule has 0 amide bonds. The molecule has 0 spiro atoms. The first-order valence-corrected chi connectivity index (χ1v) is 7.34. The quantitative estimate of drug-likeness (QED) is 0.814. The van der Waals surface area contributed by atoms with Crippen molar-refractivity contribution in [3.05, 3.63) is 11.7 Å². The summed E-state index contributed by atoms with van der Waals surface area (Å²) in [6.07, 6.45) is 6.41. The zero-order valence-electron chi connectivity index (χ0n) is 12.2. The molecule has 0 unspecified atom stereocenters. The van der Waals surface area contributed by atoms with Gasteiger partial charge in [-0.1, -0.05) is 25.9 Å². The van der Waals surface area contributed by atoms with Gasteiger partial charge in [0.05, 0.1) is 6.42 Å².